The zero-order chi connectivity index (χ0) is 34.0. The van der Waals surface area contributed by atoms with Crippen LogP contribution in [0, 0.1) is 23.6 Å². The van der Waals surface area contributed by atoms with Crippen molar-refractivity contribution in [1.29, 1.82) is 0 Å². The van der Waals surface area contributed by atoms with Crippen molar-refractivity contribution in [1.82, 2.24) is 4.90 Å². The van der Waals surface area contributed by atoms with Crippen LogP contribution >= 0.6 is 23.2 Å². The van der Waals surface area contributed by atoms with E-state index in [1.807, 2.05) is 6.08 Å². The molecule has 3 aromatic rings. The van der Waals surface area contributed by atoms with Crippen molar-refractivity contribution in [3.05, 3.63) is 101 Å². The molecule has 9 nitrogen and oxygen atoms in total. The van der Waals surface area contributed by atoms with Crippen LogP contribution in [-0.4, -0.2) is 68.2 Å². The number of phenols is 1. The third kappa shape index (κ3) is 4.75. The molecule has 0 unspecified atom stereocenters. The number of imide groups is 2. The molecule has 2 heterocycles. The highest BCUT2D eigenvalue weighted by molar-refractivity contribution is 6.58. The number of halogens is 3. The lowest BCUT2D eigenvalue weighted by molar-refractivity contribution is -0.140. The number of likely N-dealkylation sites (tertiary alicyclic amines) is 1. The quantitative estimate of drug-likeness (QED) is 0.199. The van der Waals surface area contributed by atoms with E-state index in [0.717, 1.165) is 22.6 Å². The van der Waals surface area contributed by atoms with Crippen molar-refractivity contribution in [2.45, 2.75) is 34.9 Å². The lowest BCUT2D eigenvalue weighted by atomic mass is 9.56. The van der Waals surface area contributed by atoms with Crippen LogP contribution in [0.2, 0.25) is 0 Å². The number of rotatable bonds is 8. The third-order valence-electron chi connectivity index (χ3n) is 10.1. The molecule has 1 saturated carbocycles. The number of aliphatic hydroxyl groups excluding tert-OH is 1. The fraction of sp³-hybridized carbons (Fsp3) is 0.333. The van der Waals surface area contributed by atoms with Crippen molar-refractivity contribution in [2.24, 2.45) is 17.8 Å². The molecule has 4 aliphatic rings. The van der Waals surface area contributed by atoms with E-state index < -0.39 is 57.0 Å². The number of anilines is 1. The minimum absolute atomic E-state index is 0.0597. The van der Waals surface area contributed by atoms with Crippen molar-refractivity contribution < 1.29 is 38.5 Å². The minimum atomic E-state index is -2.10. The van der Waals surface area contributed by atoms with Gasteiger partial charge in [0.05, 0.1) is 24.1 Å². The van der Waals surface area contributed by atoms with Gasteiger partial charge in [-0.2, -0.15) is 0 Å². The average Bonchev–Trinajstić information content (AvgIpc) is 3.41. The highest BCUT2D eigenvalue weighted by Gasteiger charge is 2.76. The second-order valence-electron chi connectivity index (χ2n) is 12.6. The Labute approximate surface area is 285 Å². The van der Waals surface area contributed by atoms with Crippen molar-refractivity contribution in [3.8, 4) is 11.5 Å². The summed E-state index contributed by atoms with van der Waals surface area (Å²) in [7, 11) is 0. The molecule has 3 fully saturated rings. The Morgan fingerprint density at radius 1 is 0.896 bits per heavy atom. The number of carbonyl (C=O) groups excluding carboxylic acids is 4. The minimum Gasteiger partial charge on any atom is -0.508 e. The first-order valence-electron chi connectivity index (χ1n) is 15.7. The molecule has 0 aromatic heterocycles. The first kappa shape index (κ1) is 32.3. The summed E-state index contributed by atoms with van der Waals surface area (Å²) in [6.07, 6.45) is 2.23. The Morgan fingerprint density at radius 3 is 2.31 bits per heavy atom. The number of nitrogens with zero attached hydrogens (tertiary/aromatic N) is 2. The van der Waals surface area contributed by atoms with Crippen LogP contribution in [0.25, 0.3) is 0 Å². The molecule has 12 heteroatoms. The Bertz CT molecular complexity index is 1850. The molecule has 2 aliphatic carbocycles. The number of amides is 4. The van der Waals surface area contributed by atoms with Crippen LogP contribution in [0.4, 0.5) is 10.1 Å². The molecule has 0 radical (unpaired) electrons. The van der Waals surface area contributed by atoms with Crippen LogP contribution in [0.3, 0.4) is 0 Å². The first-order chi connectivity index (χ1) is 23.0. The molecule has 4 amide bonds. The van der Waals surface area contributed by atoms with E-state index in [1.165, 1.54) is 29.2 Å². The standard InChI is InChI=1S/C36H31Cl2FN2O7/c37-35-19-27-24(13-14-26-29(27)32(45)40(31(26)44)16-15-20-5-11-23(43)12-6-20)30(25-3-1-2-4-28(25)48-18-17-42)36(35,38)34(47)41(33(35)46)22-9-7-21(39)8-10-22/h1-13,26-27,29-30,42-43H,14-19H2/t26-,27+,29-,30+,35+,36-/m0/s1. The number of phenolic OH excluding ortho intramolecular Hbond substituents is 1. The number of allylic oxidation sites excluding steroid dienone is 2. The number of para-hydroxylation sites is 1. The smallest absolute Gasteiger partial charge is 0.258 e. The van der Waals surface area contributed by atoms with E-state index in [4.69, 9.17) is 27.9 Å². The molecule has 7 rings (SSSR count). The maximum Gasteiger partial charge on any atom is 0.258 e. The van der Waals surface area contributed by atoms with Gasteiger partial charge in [-0.3, -0.25) is 24.1 Å². The first-order valence-corrected chi connectivity index (χ1v) is 16.4. The van der Waals surface area contributed by atoms with Crippen LogP contribution in [-0.2, 0) is 25.6 Å². The Morgan fingerprint density at radius 2 is 1.60 bits per heavy atom. The molecule has 248 valence electrons. The third-order valence-corrected chi connectivity index (χ3v) is 11.5. The summed E-state index contributed by atoms with van der Waals surface area (Å²) >= 11 is 14.8. The van der Waals surface area contributed by atoms with Crippen LogP contribution < -0.4 is 9.64 Å². The van der Waals surface area contributed by atoms with Gasteiger partial charge in [0.15, 0.2) is 9.75 Å². The maximum atomic E-state index is 14.5. The van der Waals surface area contributed by atoms with Crippen LogP contribution in [0.5, 0.6) is 11.5 Å². The summed E-state index contributed by atoms with van der Waals surface area (Å²) in [6, 6.07) is 18.2. The SMILES string of the molecule is O=C1[C@H]2[C@H](CC=C3[C@H]2C[C@@]2(Cl)C(=O)N(c4ccc(F)cc4)C(=O)[C@@]2(Cl)[C@H]3c2ccccc2OCCO)C(=O)N1CCc1ccc(O)cc1. The number of hydrogen-bond acceptors (Lipinski definition) is 7. The summed E-state index contributed by atoms with van der Waals surface area (Å²) in [5.41, 5.74) is 1.96. The van der Waals surface area contributed by atoms with Gasteiger partial charge in [-0.1, -0.05) is 42.0 Å². The number of aromatic hydroxyl groups is 1. The van der Waals surface area contributed by atoms with Crippen LogP contribution in [0.1, 0.15) is 29.9 Å². The largest absolute Gasteiger partial charge is 0.508 e. The maximum absolute atomic E-state index is 14.5. The summed E-state index contributed by atoms with van der Waals surface area (Å²) in [5.74, 6) is -5.83. The molecular formula is C36H31Cl2FN2O7. The number of carbonyl (C=O) groups is 4. The van der Waals surface area contributed by atoms with Gasteiger partial charge >= 0.3 is 0 Å². The Kier molecular flexibility index (Phi) is 8.09. The van der Waals surface area contributed by atoms with Gasteiger partial charge in [0.2, 0.25) is 11.8 Å². The van der Waals surface area contributed by atoms with Crippen LogP contribution in [0.15, 0.2) is 84.4 Å². The van der Waals surface area contributed by atoms with E-state index in [2.05, 4.69) is 0 Å². The van der Waals surface area contributed by atoms with E-state index >= 15 is 0 Å². The van der Waals surface area contributed by atoms with Crippen molar-refractivity contribution >= 4 is 52.5 Å². The summed E-state index contributed by atoms with van der Waals surface area (Å²) in [5, 5.41) is 19.2. The van der Waals surface area contributed by atoms with Crippen molar-refractivity contribution in [3.63, 3.8) is 0 Å². The van der Waals surface area contributed by atoms with Gasteiger partial charge in [0.1, 0.15) is 23.9 Å². The topological polar surface area (TPSA) is 124 Å². The Balaban J connectivity index is 1.33. The van der Waals surface area contributed by atoms with E-state index in [-0.39, 0.29) is 49.9 Å². The molecule has 2 saturated heterocycles. The number of benzene rings is 3. The highest BCUT2D eigenvalue weighted by Crippen LogP contribution is 2.66. The second-order valence-corrected chi connectivity index (χ2v) is 13.8. The monoisotopic (exact) mass is 692 g/mol. The zero-order valence-electron chi connectivity index (χ0n) is 25.5. The zero-order valence-corrected chi connectivity index (χ0v) is 27.0. The molecular weight excluding hydrogens is 662 g/mol. The summed E-state index contributed by atoms with van der Waals surface area (Å²) in [4.78, 5) is 54.8. The molecule has 3 aromatic carbocycles. The molecule has 0 spiro atoms. The van der Waals surface area contributed by atoms with Gasteiger partial charge in [-0.15, -0.1) is 23.2 Å². The molecule has 2 N–H and O–H groups in total. The average molecular weight is 694 g/mol. The summed E-state index contributed by atoms with van der Waals surface area (Å²) < 4.78 is 19.8. The van der Waals surface area contributed by atoms with Gasteiger partial charge in [-0.25, -0.2) is 9.29 Å². The van der Waals surface area contributed by atoms with Gasteiger partial charge < -0.3 is 14.9 Å². The molecule has 48 heavy (non-hydrogen) atoms. The second kappa shape index (κ2) is 12.0. The normalized spacial score (nSPS) is 29.5. The van der Waals surface area contributed by atoms with Gasteiger partial charge in [0.25, 0.3) is 11.8 Å². The molecule has 2 aliphatic heterocycles. The number of alkyl halides is 2. The van der Waals surface area contributed by atoms with Gasteiger partial charge in [0, 0.05) is 18.0 Å². The fourth-order valence-electron chi connectivity index (χ4n) is 7.94. The van der Waals surface area contributed by atoms with Crippen molar-refractivity contribution in [2.75, 3.05) is 24.7 Å². The number of fused-ring (bicyclic) bond motifs is 4. The number of aliphatic hydroxyl groups is 1. The Hall–Kier alpha value is -4.25. The van der Waals surface area contributed by atoms with E-state index in [9.17, 15) is 33.8 Å². The highest BCUT2D eigenvalue weighted by atomic mass is 35.5. The molecule has 6 atom stereocenters. The van der Waals surface area contributed by atoms with E-state index in [1.54, 1.807) is 36.4 Å². The van der Waals surface area contributed by atoms with Gasteiger partial charge in [-0.05, 0) is 73.2 Å². The van der Waals surface area contributed by atoms with E-state index in [0.29, 0.717) is 23.3 Å². The fourth-order valence-corrected chi connectivity index (χ4v) is 8.87. The lowest BCUT2D eigenvalue weighted by Crippen LogP contribution is -2.60. The summed E-state index contributed by atoms with van der Waals surface area (Å²) in [6.45, 7) is -0.221. The number of hydrogen-bond donors (Lipinski definition) is 2. The predicted octanol–water partition coefficient (Wildman–Crippen LogP) is 4.71. The predicted molar refractivity (Wildman–Crippen MR) is 174 cm³/mol. The number of ether oxygens (including phenoxy) is 1. The molecule has 0 bridgehead atoms. The lowest BCUT2D eigenvalue weighted by Gasteiger charge is -2.51.